The molecule has 3 aromatic carbocycles. The quantitative estimate of drug-likeness (QED) is 0.376. The van der Waals surface area contributed by atoms with Crippen LogP contribution in [0.3, 0.4) is 0 Å². The van der Waals surface area contributed by atoms with Crippen molar-refractivity contribution in [3.05, 3.63) is 88.4 Å². The zero-order chi connectivity index (χ0) is 24.1. The lowest BCUT2D eigenvalue weighted by molar-refractivity contribution is -0.121. The maximum absolute atomic E-state index is 13.3. The molecule has 1 heterocycles. The van der Waals surface area contributed by atoms with E-state index < -0.39 is 22.5 Å². The lowest BCUT2D eigenvalue weighted by Crippen LogP contribution is -2.39. The standard InChI is InChI=1S/C24H22ClN3O5S/c1-17-4-2-3-5-19(17)14-28(34(30,31)21-9-7-20(25)8-10-21)15-24(29)27-26-13-18-6-11-22-23(12-18)33-16-32-22/h2-13H,14-16H2,1H3,(H,27,29)/b26-13-. The van der Waals surface area contributed by atoms with Gasteiger partial charge in [0.2, 0.25) is 16.8 Å². The van der Waals surface area contributed by atoms with Crippen LogP contribution in [0.5, 0.6) is 11.5 Å². The summed E-state index contributed by atoms with van der Waals surface area (Å²) in [5.74, 6) is 0.650. The summed E-state index contributed by atoms with van der Waals surface area (Å²) < 4.78 is 38.4. The average Bonchev–Trinajstić information content (AvgIpc) is 3.28. The van der Waals surface area contributed by atoms with Crippen LogP contribution in [-0.2, 0) is 21.4 Å². The van der Waals surface area contributed by atoms with Gasteiger partial charge in [0.05, 0.1) is 17.7 Å². The van der Waals surface area contributed by atoms with E-state index in [4.69, 9.17) is 21.1 Å². The summed E-state index contributed by atoms with van der Waals surface area (Å²) in [6.45, 7) is 1.65. The first-order valence-electron chi connectivity index (χ1n) is 10.3. The number of sulfonamides is 1. The predicted molar refractivity (Wildman–Crippen MR) is 129 cm³/mol. The molecule has 4 rings (SSSR count). The van der Waals surface area contributed by atoms with Crippen LogP contribution in [0.25, 0.3) is 0 Å². The number of aryl methyl sites for hydroxylation is 1. The zero-order valence-electron chi connectivity index (χ0n) is 18.3. The Morgan fingerprint density at radius 2 is 1.82 bits per heavy atom. The summed E-state index contributed by atoms with van der Waals surface area (Å²) >= 11 is 5.91. The molecule has 10 heteroatoms. The highest BCUT2D eigenvalue weighted by molar-refractivity contribution is 7.89. The molecule has 1 aliphatic rings. The fourth-order valence-corrected chi connectivity index (χ4v) is 4.83. The summed E-state index contributed by atoms with van der Waals surface area (Å²) in [5, 5.41) is 4.37. The molecule has 0 fully saturated rings. The number of benzene rings is 3. The lowest BCUT2D eigenvalue weighted by Gasteiger charge is -2.22. The molecule has 1 N–H and O–H groups in total. The van der Waals surface area contributed by atoms with Gasteiger partial charge < -0.3 is 9.47 Å². The van der Waals surface area contributed by atoms with Crippen LogP contribution in [0.15, 0.2) is 76.7 Å². The van der Waals surface area contributed by atoms with Crippen LogP contribution in [0.4, 0.5) is 0 Å². The van der Waals surface area contributed by atoms with Crippen molar-refractivity contribution in [2.24, 2.45) is 5.10 Å². The van der Waals surface area contributed by atoms with Crippen LogP contribution in [0.1, 0.15) is 16.7 Å². The van der Waals surface area contributed by atoms with Crippen LogP contribution >= 0.6 is 11.6 Å². The summed E-state index contributed by atoms with van der Waals surface area (Å²) in [7, 11) is -3.98. The molecule has 1 amide bonds. The molecule has 3 aromatic rings. The molecule has 0 atom stereocenters. The molecule has 34 heavy (non-hydrogen) atoms. The topological polar surface area (TPSA) is 97.3 Å². The number of ether oxygens (including phenoxy) is 2. The number of fused-ring (bicyclic) bond motifs is 1. The van der Waals surface area contributed by atoms with Gasteiger partial charge in [-0.05, 0) is 66.1 Å². The fourth-order valence-electron chi connectivity index (χ4n) is 3.33. The number of hydrogen-bond acceptors (Lipinski definition) is 6. The van der Waals surface area contributed by atoms with Crippen molar-refractivity contribution in [2.75, 3.05) is 13.3 Å². The number of carbonyl (C=O) groups excluding carboxylic acids is 1. The third-order valence-corrected chi connectivity index (χ3v) is 7.24. The molecular weight excluding hydrogens is 478 g/mol. The van der Waals surface area contributed by atoms with Crippen LogP contribution in [0, 0.1) is 6.92 Å². The number of rotatable bonds is 8. The number of nitrogens with zero attached hydrogens (tertiary/aromatic N) is 2. The van der Waals surface area contributed by atoms with E-state index in [1.165, 1.54) is 30.5 Å². The average molecular weight is 500 g/mol. The molecule has 0 bridgehead atoms. The minimum atomic E-state index is -3.98. The minimum absolute atomic E-state index is 0.0247. The predicted octanol–water partition coefficient (Wildman–Crippen LogP) is 3.72. The fraction of sp³-hybridized carbons (Fsp3) is 0.167. The molecule has 0 saturated heterocycles. The van der Waals surface area contributed by atoms with Crippen molar-refractivity contribution >= 4 is 33.7 Å². The summed E-state index contributed by atoms with van der Waals surface area (Å²) in [4.78, 5) is 12.7. The molecule has 0 unspecified atom stereocenters. The second-order valence-electron chi connectivity index (χ2n) is 7.56. The van der Waals surface area contributed by atoms with Crippen molar-refractivity contribution in [3.63, 3.8) is 0 Å². The van der Waals surface area contributed by atoms with E-state index in [0.29, 0.717) is 22.1 Å². The summed E-state index contributed by atoms with van der Waals surface area (Å²) in [5.41, 5.74) is 4.79. The molecule has 1 aliphatic heterocycles. The Kier molecular flexibility index (Phi) is 7.16. The molecule has 0 aliphatic carbocycles. The van der Waals surface area contributed by atoms with Crippen molar-refractivity contribution in [1.82, 2.24) is 9.73 Å². The van der Waals surface area contributed by atoms with Gasteiger partial charge in [0.15, 0.2) is 11.5 Å². The van der Waals surface area contributed by atoms with Crippen LogP contribution in [0.2, 0.25) is 5.02 Å². The van der Waals surface area contributed by atoms with Gasteiger partial charge in [0.1, 0.15) is 0 Å². The summed E-state index contributed by atoms with van der Waals surface area (Å²) in [6.07, 6.45) is 1.44. The van der Waals surface area contributed by atoms with E-state index in [0.717, 1.165) is 15.4 Å². The normalized spacial score (nSPS) is 12.9. The molecule has 0 radical (unpaired) electrons. The van der Waals surface area contributed by atoms with E-state index in [-0.39, 0.29) is 18.2 Å². The second-order valence-corrected chi connectivity index (χ2v) is 9.93. The van der Waals surface area contributed by atoms with Gasteiger partial charge in [0, 0.05) is 11.6 Å². The largest absolute Gasteiger partial charge is 0.454 e. The van der Waals surface area contributed by atoms with Crippen molar-refractivity contribution in [3.8, 4) is 11.5 Å². The first kappa shape index (κ1) is 23.7. The van der Waals surface area contributed by atoms with Gasteiger partial charge in [-0.15, -0.1) is 0 Å². The highest BCUT2D eigenvalue weighted by Crippen LogP contribution is 2.32. The van der Waals surface area contributed by atoms with E-state index >= 15 is 0 Å². The van der Waals surface area contributed by atoms with Crippen molar-refractivity contribution in [1.29, 1.82) is 0 Å². The third-order valence-electron chi connectivity index (χ3n) is 5.18. The first-order valence-corrected chi connectivity index (χ1v) is 12.2. The number of halogens is 1. The van der Waals surface area contributed by atoms with E-state index in [9.17, 15) is 13.2 Å². The SMILES string of the molecule is Cc1ccccc1CN(CC(=O)N/N=C\c1ccc2c(c1)OCO2)S(=O)(=O)c1ccc(Cl)cc1. The highest BCUT2D eigenvalue weighted by atomic mass is 35.5. The first-order chi connectivity index (χ1) is 16.3. The van der Waals surface area contributed by atoms with Gasteiger partial charge in [-0.25, -0.2) is 13.8 Å². The second kappa shape index (κ2) is 10.3. The Bertz CT molecular complexity index is 1330. The van der Waals surface area contributed by atoms with Gasteiger partial charge >= 0.3 is 0 Å². The number of nitrogens with one attached hydrogen (secondary N) is 1. The Morgan fingerprint density at radius 3 is 2.59 bits per heavy atom. The Morgan fingerprint density at radius 1 is 1.09 bits per heavy atom. The molecular formula is C24H22ClN3O5S. The maximum atomic E-state index is 13.3. The zero-order valence-corrected chi connectivity index (χ0v) is 19.8. The molecule has 0 aromatic heterocycles. The Labute approximate surface area is 202 Å². The maximum Gasteiger partial charge on any atom is 0.255 e. The summed E-state index contributed by atoms with van der Waals surface area (Å²) in [6, 6.07) is 18.5. The van der Waals surface area contributed by atoms with Crippen LogP contribution in [-0.4, -0.2) is 38.2 Å². The highest BCUT2D eigenvalue weighted by Gasteiger charge is 2.27. The van der Waals surface area contributed by atoms with E-state index in [1.54, 1.807) is 18.2 Å². The number of amides is 1. The van der Waals surface area contributed by atoms with Crippen LogP contribution < -0.4 is 14.9 Å². The third kappa shape index (κ3) is 5.56. The number of hydrogen-bond donors (Lipinski definition) is 1. The molecule has 0 spiro atoms. The molecule has 0 saturated carbocycles. The van der Waals surface area contributed by atoms with Gasteiger partial charge in [-0.3, -0.25) is 4.79 Å². The number of carbonyl (C=O) groups is 1. The molecule has 176 valence electrons. The minimum Gasteiger partial charge on any atom is -0.454 e. The van der Waals surface area contributed by atoms with Gasteiger partial charge in [0.25, 0.3) is 5.91 Å². The lowest BCUT2D eigenvalue weighted by atomic mass is 10.1. The van der Waals surface area contributed by atoms with E-state index in [1.807, 2.05) is 31.2 Å². The number of hydrazone groups is 1. The van der Waals surface area contributed by atoms with E-state index in [2.05, 4.69) is 10.5 Å². The molecule has 8 nitrogen and oxygen atoms in total. The Hall–Kier alpha value is -3.40. The Balaban J connectivity index is 1.50. The van der Waals surface area contributed by atoms with Crippen molar-refractivity contribution < 1.29 is 22.7 Å². The van der Waals surface area contributed by atoms with Gasteiger partial charge in [-0.2, -0.15) is 9.41 Å². The monoisotopic (exact) mass is 499 g/mol. The smallest absolute Gasteiger partial charge is 0.255 e. The van der Waals surface area contributed by atoms with Crippen molar-refractivity contribution in [2.45, 2.75) is 18.4 Å². The van der Waals surface area contributed by atoms with Gasteiger partial charge in [-0.1, -0.05) is 35.9 Å².